The van der Waals surface area contributed by atoms with Gasteiger partial charge in [-0.1, -0.05) is 25.7 Å². The maximum absolute atomic E-state index is 13.1. The molecule has 1 N–H and O–H groups in total. The SMILES string of the molecule is Cc1c(C(=O)NC2CCCCCC2)sc2ncn(CC(=O)N3CCCC[C@H]3C)c(=O)c12. The number of carbonyl (C=O) groups is 2. The Morgan fingerprint density at radius 2 is 1.84 bits per heavy atom. The molecule has 0 aromatic carbocycles. The first-order chi connectivity index (χ1) is 15.0. The number of amides is 2. The highest BCUT2D eigenvalue weighted by Gasteiger charge is 2.25. The number of fused-ring (bicyclic) bond motifs is 1. The Labute approximate surface area is 186 Å². The van der Waals surface area contributed by atoms with Gasteiger partial charge < -0.3 is 10.2 Å². The summed E-state index contributed by atoms with van der Waals surface area (Å²) in [4.78, 5) is 46.3. The van der Waals surface area contributed by atoms with E-state index in [9.17, 15) is 14.4 Å². The van der Waals surface area contributed by atoms with Crippen LogP contribution in [0.2, 0.25) is 0 Å². The van der Waals surface area contributed by atoms with Crippen molar-refractivity contribution in [1.82, 2.24) is 19.8 Å². The summed E-state index contributed by atoms with van der Waals surface area (Å²) in [6.07, 6.45) is 11.4. The Bertz CT molecular complexity index is 1020. The number of thiophene rings is 1. The molecule has 2 fully saturated rings. The molecule has 0 spiro atoms. The van der Waals surface area contributed by atoms with Crippen molar-refractivity contribution < 1.29 is 9.59 Å². The topological polar surface area (TPSA) is 84.3 Å². The average molecular weight is 445 g/mol. The first kappa shape index (κ1) is 22.0. The van der Waals surface area contributed by atoms with E-state index in [-0.39, 0.29) is 36.0 Å². The summed E-state index contributed by atoms with van der Waals surface area (Å²) >= 11 is 1.26. The van der Waals surface area contributed by atoms with Crippen LogP contribution in [-0.2, 0) is 11.3 Å². The van der Waals surface area contributed by atoms with Crippen molar-refractivity contribution in [3.05, 3.63) is 27.1 Å². The highest BCUT2D eigenvalue weighted by Crippen LogP contribution is 2.27. The number of aromatic nitrogens is 2. The van der Waals surface area contributed by atoms with Gasteiger partial charge in [0.2, 0.25) is 5.91 Å². The van der Waals surface area contributed by atoms with Gasteiger partial charge in [0.1, 0.15) is 11.4 Å². The zero-order valence-electron chi connectivity index (χ0n) is 18.5. The summed E-state index contributed by atoms with van der Waals surface area (Å²) < 4.78 is 1.39. The van der Waals surface area contributed by atoms with Crippen LogP contribution in [0.5, 0.6) is 0 Å². The summed E-state index contributed by atoms with van der Waals surface area (Å²) in [7, 11) is 0. The Balaban J connectivity index is 1.55. The van der Waals surface area contributed by atoms with E-state index in [0.29, 0.717) is 20.7 Å². The molecule has 1 saturated heterocycles. The third kappa shape index (κ3) is 4.68. The number of nitrogens with one attached hydrogen (secondary N) is 1. The number of likely N-dealkylation sites (tertiary alicyclic amines) is 1. The van der Waals surface area contributed by atoms with Crippen LogP contribution in [0.15, 0.2) is 11.1 Å². The van der Waals surface area contributed by atoms with Crippen molar-refractivity contribution >= 4 is 33.4 Å². The van der Waals surface area contributed by atoms with E-state index < -0.39 is 0 Å². The highest BCUT2D eigenvalue weighted by molar-refractivity contribution is 7.20. The Morgan fingerprint density at radius 1 is 1.13 bits per heavy atom. The molecule has 0 unspecified atom stereocenters. The molecule has 31 heavy (non-hydrogen) atoms. The summed E-state index contributed by atoms with van der Waals surface area (Å²) in [5, 5.41) is 3.62. The van der Waals surface area contributed by atoms with Crippen LogP contribution in [-0.4, -0.2) is 44.9 Å². The second-order valence-corrected chi connectivity index (χ2v) is 10.0. The van der Waals surface area contributed by atoms with E-state index in [0.717, 1.165) is 51.5 Å². The Kier molecular flexibility index (Phi) is 6.74. The molecular weight excluding hydrogens is 412 g/mol. The molecule has 3 heterocycles. The van der Waals surface area contributed by atoms with E-state index in [1.54, 1.807) is 0 Å². The Hall–Kier alpha value is -2.22. The lowest BCUT2D eigenvalue weighted by molar-refractivity contribution is -0.135. The fraction of sp³-hybridized carbons (Fsp3) is 0.652. The predicted octanol–water partition coefficient (Wildman–Crippen LogP) is 3.62. The maximum Gasteiger partial charge on any atom is 0.262 e. The molecular formula is C23H32N4O3S. The van der Waals surface area contributed by atoms with Gasteiger partial charge in [0.25, 0.3) is 11.5 Å². The van der Waals surface area contributed by atoms with Crippen LogP contribution < -0.4 is 10.9 Å². The molecule has 2 aromatic heterocycles. The highest BCUT2D eigenvalue weighted by atomic mass is 32.1. The molecule has 2 aliphatic rings. The van der Waals surface area contributed by atoms with Crippen molar-refractivity contribution in [2.75, 3.05) is 6.54 Å². The zero-order chi connectivity index (χ0) is 22.0. The van der Waals surface area contributed by atoms with Gasteiger partial charge in [-0.05, 0) is 51.5 Å². The van der Waals surface area contributed by atoms with E-state index >= 15 is 0 Å². The minimum absolute atomic E-state index is 0.00892. The zero-order valence-corrected chi connectivity index (χ0v) is 19.3. The van der Waals surface area contributed by atoms with Gasteiger partial charge in [-0.15, -0.1) is 11.3 Å². The van der Waals surface area contributed by atoms with Gasteiger partial charge >= 0.3 is 0 Å². The van der Waals surface area contributed by atoms with Crippen LogP contribution >= 0.6 is 11.3 Å². The number of rotatable bonds is 4. The molecule has 1 aliphatic heterocycles. The quantitative estimate of drug-likeness (QED) is 0.730. The number of carbonyl (C=O) groups excluding carboxylic acids is 2. The number of hydrogen-bond acceptors (Lipinski definition) is 5. The van der Waals surface area contributed by atoms with Crippen LogP contribution in [0.4, 0.5) is 0 Å². The molecule has 1 aliphatic carbocycles. The van der Waals surface area contributed by atoms with Crippen LogP contribution in [0.3, 0.4) is 0 Å². The smallest absolute Gasteiger partial charge is 0.262 e. The molecule has 4 rings (SSSR count). The van der Waals surface area contributed by atoms with Crippen molar-refractivity contribution in [3.63, 3.8) is 0 Å². The minimum atomic E-state index is -0.245. The monoisotopic (exact) mass is 444 g/mol. The fourth-order valence-electron chi connectivity index (χ4n) is 4.87. The van der Waals surface area contributed by atoms with Crippen molar-refractivity contribution in [1.29, 1.82) is 0 Å². The summed E-state index contributed by atoms with van der Waals surface area (Å²) in [6.45, 7) is 4.60. The lowest BCUT2D eigenvalue weighted by Gasteiger charge is -2.33. The summed E-state index contributed by atoms with van der Waals surface area (Å²) in [5.74, 6) is -0.161. The number of hydrogen-bond donors (Lipinski definition) is 1. The lowest BCUT2D eigenvalue weighted by atomic mass is 10.0. The molecule has 1 saturated carbocycles. The molecule has 2 aromatic rings. The second-order valence-electron chi connectivity index (χ2n) is 9.01. The van der Waals surface area contributed by atoms with Crippen molar-refractivity contribution in [2.45, 2.75) is 90.3 Å². The third-order valence-corrected chi connectivity index (χ3v) is 7.94. The molecule has 0 radical (unpaired) electrons. The van der Waals surface area contributed by atoms with Crippen molar-refractivity contribution in [2.24, 2.45) is 0 Å². The number of aryl methyl sites for hydroxylation is 1. The number of nitrogens with zero attached hydrogens (tertiary/aromatic N) is 3. The normalized spacial score (nSPS) is 20.6. The minimum Gasteiger partial charge on any atom is -0.349 e. The molecule has 7 nitrogen and oxygen atoms in total. The van der Waals surface area contributed by atoms with E-state index in [1.165, 1.54) is 35.1 Å². The summed E-state index contributed by atoms with van der Waals surface area (Å²) in [6, 6.07) is 0.407. The van der Waals surface area contributed by atoms with Crippen molar-refractivity contribution in [3.8, 4) is 0 Å². The largest absolute Gasteiger partial charge is 0.349 e. The van der Waals surface area contributed by atoms with E-state index in [4.69, 9.17) is 0 Å². The summed E-state index contributed by atoms with van der Waals surface area (Å²) in [5.41, 5.74) is 0.419. The van der Waals surface area contributed by atoms with Gasteiger partial charge in [0.05, 0.1) is 16.6 Å². The van der Waals surface area contributed by atoms with Gasteiger partial charge in [-0.3, -0.25) is 19.0 Å². The first-order valence-electron chi connectivity index (χ1n) is 11.5. The predicted molar refractivity (Wildman–Crippen MR) is 123 cm³/mol. The Morgan fingerprint density at radius 3 is 2.55 bits per heavy atom. The van der Waals surface area contributed by atoms with Gasteiger partial charge in [-0.2, -0.15) is 0 Å². The lowest BCUT2D eigenvalue weighted by Crippen LogP contribution is -2.44. The second kappa shape index (κ2) is 9.51. The maximum atomic E-state index is 13.1. The standard InChI is InChI=1S/C23H32N4O3S/c1-15-9-7-8-12-27(15)18(28)13-26-14-24-22-19(23(26)30)16(2)20(31-22)21(29)25-17-10-5-3-4-6-11-17/h14-15,17H,3-13H2,1-2H3,(H,25,29)/t15-/m1/s1. The van der Waals surface area contributed by atoms with E-state index in [1.807, 2.05) is 11.8 Å². The van der Waals surface area contributed by atoms with Crippen LogP contribution in [0, 0.1) is 6.92 Å². The van der Waals surface area contributed by atoms with Crippen LogP contribution in [0.25, 0.3) is 10.2 Å². The molecule has 1 atom stereocenters. The van der Waals surface area contributed by atoms with Gasteiger partial charge in [-0.25, -0.2) is 4.98 Å². The molecule has 2 amide bonds. The van der Waals surface area contributed by atoms with Gasteiger partial charge in [0.15, 0.2) is 0 Å². The first-order valence-corrected chi connectivity index (χ1v) is 12.4. The molecule has 168 valence electrons. The van der Waals surface area contributed by atoms with E-state index in [2.05, 4.69) is 17.2 Å². The van der Waals surface area contributed by atoms with Gasteiger partial charge in [0, 0.05) is 18.6 Å². The molecule has 0 bridgehead atoms. The average Bonchev–Trinajstić information content (AvgIpc) is 2.91. The fourth-order valence-corrected chi connectivity index (χ4v) is 5.91. The molecule has 8 heteroatoms. The number of piperidine rings is 1. The third-order valence-electron chi connectivity index (χ3n) is 6.74. The van der Waals surface area contributed by atoms with Crippen LogP contribution in [0.1, 0.15) is 79.9 Å².